The van der Waals surface area contributed by atoms with Gasteiger partial charge < -0.3 is 5.32 Å². The molecule has 0 radical (unpaired) electrons. The van der Waals surface area contributed by atoms with Gasteiger partial charge in [-0.3, -0.25) is 4.79 Å². The maximum absolute atomic E-state index is 13.7. The van der Waals surface area contributed by atoms with Crippen molar-refractivity contribution in [1.29, 1.82) is 0 Å². The first kappa shape index (κ1) is 20.1. The Bertz CT molecular complexity index is 841. The molecule has 0 unspecified atom stereocenters. The van der Waals surface area contributed by atoms with Crippen LogP contribution >= 0.6 is 0 Å². The number of aryl methyl sites for hydroxylation is 1. The normalized spacial score (nSPS) is 13.8. The average Bonchev–Trinajstić information content (AvgIpc) is 2.60. The standard InChI is InChI=1S/C19H23FN2O3S/c1-14(12-13-16-8-4-3-5-9-16)21-19(23)15(2)22-26(24,25)18-11-7-6-10-17(18)20/h3-11,14-15,22H,12-13H2,1-2H3,(H,21,23)/t14-,15-/m1/s1. The van der Waals surface area contributed by atoms with E-state index >= 15 is 0 Å². The highest BCUT2D eigenvalue weighted by Crippen LogP contribution is 2.13. The van der Waals surface area contributed by atoms with Crippen molar-refractivity contribution >= 4 is 15.9 Å². The minimum Gasteiger partial charge on any atom is -0.352 e. The van der Waals surface area contributed by atoms with Crippen LogP contribution in [0.5, 0.6) is 0 Å². The van der Waals surface area contributed by atoms with Crippen LogP contribution in [0.3, 0.4) is 0 Å². The first-order valence-electron chi connectivity index (χ1n) is 8.41. The zero-order chi connectivity index (χ0) is 19.2. The molecule has 5 nitrogen and oxygen atoms in total. The fraction of sp³-hybridized carbons (Fsp3) is 0.316. The first-order valence-corrected chi connectivity index (χ1v) is 9.89. The molecule has 0 aliphatic heterocycles. The quantitative estimate of drug-likeness (QED) is 0.741. The first-order chi connectivity index (χ1) is 12.3. The molecule has 26 heavy (non-hydrogen) atoms. The van der Waals surface area contributed by atoms with Crippen molar-refractivity contribution in [1.82, 2.24) is 10.0 Å². The van der Waals surface area contributed by atoms with Crippen molar-refractivity contribution in [2.24, 2.45) is 0 Å². The SMILES string of the molecule is C[C@H](CCc1ccccc1)NC(=O)[C@@H](C)NS(=O)(=O)c1ccccc1F. The Morgan fingerprint density at radius 1 is 1.04 bits per heavy atom. The van der Waals surface area contributed by atoms with Crippen LogP contribution in [0.15, 0.2) is 59.5 Å². The summed E-state index contributed by atoms with van der Waals surface area (Å²) in [4.78, 5) is 11.8. The lowest BCUT2D eigenvalue weighted by molar-refractivity contribution is -0.123. The maximum atomic E-state index is 13.7. The largest absolute Gasteiger partial charge is 0.352 e. The molecule has 7 heteroatoms. The number of rotatable bonds is 8. The Balaban J connectivity index is 1.89. The van der Waals surface area contributed by atoms with E-state index in [2.05, 4.69) is 10.0 Å². The summed E-state index contributed by atoms with van der Waals surface area (Å²) in [5, 5.41) is 2.78. The minimum atomic E-state index is -4.11. The van der Waals surface area contributed by atoms with Crippen LogP contribution < -0.4 is 10.0 Å². The van der Waals surface area contributed by atoms with Gasteiger partial charge >= 0.3 is 0 Å². The molecule has 0 heterocycles. The smallest absolute Gasteiger partial charge is 0.244 e. The van der Waals surface area contributed by atoms with Crippen LogP contribution in [-0.4, -0.2) is 26.4 Å². The van der Waals surface area contributed by atoms with Gasteiger partial charge in [-0.15, -0.1) is 0 Å². The third-order valence-corrected chi connectivity index (χ3v) is 5.52. The predicted molar refractivity (Wildman–Crippen MR) is 98.6 cm³/mol. The lowest BCUT2D eigenvalue weighted by Crippen LogP contribution is -2.47. The van der Waals surface area contributed by atoms with Crippen molar-refractivity contribution in [2.45, 2.75) is 43.7 Å². The molecular weight excluding hydrogens is 355 g/mol. The van der Waals surface area contributed by atoms with E-state index in [0.717, 1.165) is 25.0 Å². The van der Waals surface area contributed by atoms with Gasteiger partial charge in [0.1, 0.15) is 10.7 Å². The van der Waals surface area contributed by atoms with Crippen LogP contribution in [0.4, 0.5) is 4.39 Å². The molecule has 2 rings (SSSR count). The summed E-state index contributed by atoms with van der Waals surface area (Å²) in [6.07, 6.45) is 1.53. The van der Waals surface area contributed by atoms with Crippen molar-refractivity contribution in [3.63, 3.8) is 0 Å². The van der Waals surface area contributed by atoms with Crippen molar-refractivity contribution < 1.29 is 17.6 Å². The molecule has 2 N–H and O–H groups in total. The van der Waals surface area contributed by atoms with E-state index in [9.17, 15) is 17.6 Å². The minimum absolute atomic E-state index is 0.122. The average molecular weight is 378 g/mol. The summed E-state index contributed by atoms with van der Waals surface area (Å²) in [6.45, 7) is 3.29. The second-order valence-corrected chi connectivity index (χ2v) is 7.89. The van der Waals surface area contributed by atoms with Crippen LogP contribution in [0, 0.1) is 5.82 Å². The molecule has 2 aromatic carbocycles. The Morgan fingerprint density at radius 2 is 1.65 bits per heavy atom. The van der Waals surface area contributed by atoms with E-state index in [1.54, 1.807) is 0 Å². The molecule has 0 saturated heterocycles. The van der Waals surface area contributed by atoms with Gasteiger partial charge in [0.05, 0.1) is 6.04 Å². The van der Waals surface area contributed by atoms with Crippen molar-refractivity contribution in [3.05, 3.63) is 66.0 Å². The molecule has 2 aromatic rings. The number of hydrogen-bond donors (Lipinski definition) is 2. The number of carbonyl (C=O) groups is 1. The molecule has 0 spiro atoms. The molecule has 2 atom stereocenters. The number of carbonyl (C=O) groups excluding carboxylic acids is 1. The molecule has 0 bridgehead atoms. The number of hydrogen-bond acceptors (Lipinski definition) is 3. The molecule has 0 fully saturated rings. The lowest BCUT2D eigenvalue weighted by Gasteiger charge is -2.19. The molecular formula is C19H23FN2O3S. The Labute approximate surface area is 153 Å². The van der Waals surface area contributed by atoms with E-state index < -0.39 is 32.7 Å². The molecule has 0 saturated carbocycles. The van der Waals surface area contributed by atoms with Crippen LogP contribution in [0.1, 0.15) is 25.8 Å². The number of amides is 1. The molecule has 0 aromatic heterocycles. The zero-order valence-corrected chi connectivity index (χ0v) is 15.6. The monoisotopic (exact) mass is 378 g/mol. The van der Waals surface area contributed by atoms with Crippen molar-refractivity contribution in [2.75, 3.05) is 0 Å². The van der Waals surface area contributed by atoms with Gasteiger partial charge in [0.25, 0.3) is 0 Å². The van der Waals surface area contributed by atoms with Crippen molar-refractivity contribution in [3.8, 4) is 0 Å². The molecule has 0 aliphatic carbocycles. The van der Waals surface area contributed by atoms with Gasteiger partial charge in [-0.05, 0) is 44.4 Å². The Kier molecular flexibility index (Phi) is 6.88. The summed E-state index contributed by atoms with van der Waals surface area (Å²) >= 11 is 0. The van der Waals surface area contributed by atoms with E-state index in [1.165, 1.54) is 24.6 Å². The predicted octanol–water partition coefficient (Wildman–Crippen LogP) is 2.63. The maximum Gasteiger partial charge on any atom is 0.244 e. The number of sulfonamides is 1. The zero-order valence-electron chi connectivity index (χ0n) is 14.8. The number of benzene rings is 2. The highest BCUT2D eigenvalue weighted by atomic mass is 32.2. The summed E-state index contributed by atoms with van der Waals surface area (Å²) in [6, 6.07) is 13.8. The number of halogens is 1. The van der Waals surface area contributed by atoms with Gasteiger partial charge in [0, 0.05) is 6.04 Å². The highest BCUT2D eigenvalue weighted by molar-refractivity contribution is 7.89. The third-order valence-electron chi connectivity index (χ3n) is 3.95. The summed E-state index contributed by atoms with van der Waals surface area (Å²) in [7, 11) is -4.11. The summed E-state index contributed by atoms with van der Waals surface area (Å²) in [5.74, 6) is -1.31. The van der Waals surface area contributed by atoms with Gasteiger partial charge in [-0.25, -0.2) is 12.8 Å². The highest BCUT2D eigenvalue weighted by Gasteiger charge is 2.25. The van der Waals surface area contributed by atoms with Gasteiger partial charge in [0.15, 0.2) is 0 Å². The lowest BCUT2D eigenvalue weighted by atomic mass is 10.1. The van der Waals surface area contributed by atoms with Gasteiger partial charge in [-0.1, -0.05) is 42.5 Å². The Hall–Kier alpha value is -2.25. The van der Waals surface area contributed by atoms with E-state index in [-0.39, 0.29) is 6.04 Å². The van der Waals surface area contributed by atoms with E-state index in [0.29, 0.717) is 0 Å². The fourth-order valence-corrected chi connectivity index (χ4v) is 3.76. The summed E-state index contributed by atoms with van der Waals surface area (Å²) in [5.41, 5.74) is 1.17. The molecule has 0 aliphatic rings. The van der Waals surface area contributed by atoms with E-state index in [4.69, 9.17) is 0 Å². The number of nitrogens with one attached hydrogen (secondary N) is 2. The van der Waals surface area contributed by atoms with Crippen LogP contribution in [0.2, 0.25) is 0 Å². The molecule has 1 amide bonds. The fourth-order valence-electron chi connectivity index (χ4n) is 2.48. The second kappa shape index (κ2) is 8.91. The second-order valence-electron chi connectivity index (χ2n) is 6.21. The van der Waals surface area contributed by atoms with Crippen LogP contribution in [-0.2, 0) is 21.2 Å². The third kappa shape index (κ3) is 5.64. The van der Waals surface area contributed by atoms with Gasteiger partial charge in [-0.2, -0.15) is 4.72 Å². The Morgan fingerprint density at radius 3 is 2.31 bits per heavy atom. The van der Waals surface area contributed by atoms with Gasteiger partial charge in [0.2, 0.25) is 15.9 Å². The topological polar surface area (TPSA) is 75.3 Å². The van der Waals surface area contributed by atoms with Crippen LogP contribution in [0.25, 0.3) is 0 Å². The van der Waals surface area contributed by atoms with E-state index in [1.807, 2.05) is 37.3 Å². The molecule has 140 valence electrons. The summed E-state index contributed by atoms with van der Waals surface area (Å²) < 4.78 is 40.4.